The number of hydrogen-bond donors (Lipinski definition) is 3. The summed E-state index contributed by atoms with van der Waals surface area (Å²) in [6, 6.07) is 9.15. The first-order valence-corrected chi connectivity index (χ1v) is 6.72. The molecule has 5 N–H and O–H groups in total. The third kappa shape index (κ3) is 4.68. The Balaban J connectivity index is 3.13. The van der Waals surface area contributed by atoms with Gasteiger partial charge in [0.05, 0.1) is 17.8 Å². The summed E-state index contributed by atoms with van der Waals surface area (Å²) >= 11 is 3.33. The number of benzene rings is 1. The van der Waals surface area contributed by atoms with Crippen molar-refractivity contribution in [1.82, 2.24) is 0 Å². The van der Waals surface area contributed by atoms with Crippen LogP contribution in [0.3, 0.4) is 0 Å². The zero-order chi connectivity index (χ0) is 15.3. The molecular weight excluding hydrogens is 320 g/mol. The fourth-order valence-corrected chi connectivity index (χ4v) is 1.65. The Kier molecular flexibility index (Phi) is 5.31. The maximum Gasteiger partial charge on any atom is 0.138 e. The molecule has 6 heteroatoms. The number of aliphatic imine (C=N–C) groups is 1. The van der Waals surface area contributed by atoms with E-state index in [0.29, 0.717) is 5.56 Å². The lowest BCUT2D eigenvalue weighted by Gasteiger charge is -2.14. The minimum absolute atomic E-state index is 0.0232. The summed E-state index contributed by atoms with van der Waals surface area (Å²) in [6.07, 6.45) is 0. The molecule has 0 saturated heterocycles. The van der Waals surface area contributed by atoms with E-state index in [1.165, 1.54) is 0 Å². The molecule has 0 aliphatic heterocycles. The molecule has 20 heavy (non-hydrogen) atoms. The van der Waals surface area contributed by atoms with E-state index in [1.807, 2.05) is 18.2 Å². The van der Waals surface area contributed by atoms with Crippen molar-refractivity contribution < 1.29 is 5.11 Å². The molecular formula is C14H17BrN4O. The Morgan fingerprint density at radius 2 is 1.90 bits per heavy atom. The topological polar surface area (TPSA) is 108 Å². The lowest BCUT2D eigenvalue weighted by atomic mass is 10.1. The number of hydrogen-bond acceptors (Lipinski definition) is 4. The van der Waals surface area contributed by atoms with Crippen molar-refractivity contribution in [3.8, 4) is 6.07 Å². The summed E-state index contributed by atoms with van der Waals surface area (Å²) in [4.78, 5) is 4.01. The van der Waals surface area contributed by atoms with Crippen LogP contribution in [0.4, 0.5) is 0 Å². The summed E-state index contributed by atoms with van der Waals surface area (Å²) in [5, 5.41) is 18.8. The van der Waals surface area contributed by atoms with E-state index >= 15 is 0 Å². The SMILES string of the molecule is CC(C)(O)CN=C(N)/C(C#N)=C(\N)c1ccc(Br)cc1. The minimum atomic E-state index is -0.989. The molecule has 5 nitrogen and oxygen atoms in total. The maximum absolute atomic E-state index is 9.61. The van der Waals surface area contributed by atoms with Crippen molar-refractivity contribution in [1.29, 1.82) is 5.26 Å². The van der Waals surface area contributed by atoms with Crippen molar-refractivity contribution in [2.24, 2.45) is 16.5 Å². The standard InChI is InChI=1S/C14H17BrN4O/c1-14(2,20)8-19-13(18)11(7-16)12(17)9-3-5-10(15)6-4-9/h3-6,20H,8,17H2,1-2H3,(H2,18,19)/b12-11-. The van der Waals surface area contributed by atoms with Crippen LogP contribution in [0.25, 0.3) is 5.70 Å². The summed E-state index contributed by atoms with van der Waals surface area (Å²) in [5.41, 5.74) is 11.8. The lowest BCUT2D eigenvalue weighted by molar-refractivity contribution is 0.0904. The van der Waals surface area contributed by atoms with Crippen LogP contribution in [0.5, 0.6) is 0 Å². The third-order valence-corrected chi connectivity index (χ3v) is 2.96. The minimum Gasteiger partial charge on any atom is -0.397 e. The van der Waals surface area contributed by atoms with Gasteiger partial charge in [-0.25, -0.2) is 0 Å². The van der Waals surface area contributed by atoms with Gasteiger partial charge < -0.3 is 16.6 Å². The van der Waals surface area contributed by atoms with Gasteiger partial charge >= 0.3 is 0 Å². The summed E-state index contributed by atoms with van der Waals surface area (Å²) < 4.78 is 0.913. The second-order valence-corrected chi connectivity index (χ2v) is 5.84. The van der Waals surface area contributed by atoms with Crippen LogP contribution >= 0.6 is 15.9 Å². The Morgan fingerprint density at radius 1 is 1.35 bits per heavy atom. The lowest BCUT2D eigenvalue weighted by Crippen LogP contribution is -2.26. The first-order valence-electron chi connectivity index (χ1n) is 5.93. The number of aliphatic hydroxyl groups is 1. The van der Waals surface area contributed by atoms with Crippen LogP contribution in [0.1, 0.15) is 19.4 Å². The Bertz CT molecular complexity index is 577. The van der Waals surface area contributed by atoms with E-state index in [2.05, 4.69) is 20.9 Å². The molecule has 0 fully saturated rings. The monoisotopic (exact) mass is 336 g/mol. The van der Waals surface area contributed by atoms with E-state index in [9.17, 15) is 10.4 Å². The van der Waals surface area contributed by atoms with Gasteiger partial charge in [0, 0.05) is 4.47 Å². The molecule has 0 spiro atoms. The number of nitrogens with zero attached hydrogens (tertiary/aromatic N) is 2. The second-order valence-electron chi connectivity index (χ2n) is 4.92. The van der Waals surface area contributed by atoms with E-state index in [1.54, 1.807) is 26.0 Å². The molecule has 0 bridgehead atoms. The van der Waals surface area contributed by atoms with Gasteiger partial charge in [-0.1, -0.05) is 28.1 Å². The molecule has 0 aliphatic rings. The fourth-order valence-electron chi connectivity index (χ4n) is 1.39. The number of nitrogens with two attached hydrogens (primary N) is 2. The van der Waals surface area contributed by atoms with Crippen LogP contribution in [0.2, 0.25) is 0 Å². The molecule has 0 radical (unpaired) electrons. The molecule has 0 atom stereocenters. The highest BCUT2D eigenvalue weighted by atomic mass is 79.9. The molecule has 0 amide bonds. The second kappa shape index (κ2) is 6.55. The van der Waals surface area contributed by atoms with Gasteiger partial charge in [0.1, 0.15) is 17.5 Å². The highest BCUT2D eigenvalue weighted by Gasteiger charge is 2.14. The van der Waals surface area contributed by atoms with Crippen molar-refractivity contribution in [2.75, 3.05) is 6.54 Å². The number of amidine groups is 1. The number of nitriles is 1. The van der Waals surface area contributed by atoms with E-state index < -0.39 is 5.60 Å². The van der Waals surface area contributed by atoms with Crippen molar-refractivity contribution in [3.63, 3.8) is 0 Å². The van der Waals surface area contributed by atoms with Gasteiger partial charge in [-0.05, 0) is 31.5 Å². The van der Waals surface area contributed by atoms with Crippen LogP contribution in [-0.4, -0.2) is 23.1 Å². The van der Waals surface area contributed by atoms with Crippen molar-refractivity contribution in [3.05, 3.63) is 39.9 Å². The number of halogens is 1. The smallest absolute Gasteiger partial charge is 0.138 e. The van der Waals surface area contributed by atoms with E-state index in [4.69, 9.17) is 11.5 Å². The van der Waals surface area contributed by atoms with Crippen LogP contribution in [-0.2, 0) is 0 Å². The van der Waals surface area contributed by atoms with Gasteiger partial charge in [0.2, 0.25) is 0 Å². The van der Waals surface area contributed by atoms with Crippen molar-refractivity contribution >= 4 is 27.5 Å². The Labute approximate surface area is 126 Å². The molecule has 0 unspecified atom stereocenters. The number of rotatable bonds is 4. The van der Waals surface area contributed by atoms with Gasteiger partial charge in [0.25, 0.3) is 0 Å². The molecule has 1 aromatic carbocycles. The zero-order valence-electron chi connectivity index (χ0n) is 11.4. The summed E-state index contributed by atoms with van der Waals surface area (Å²) in [5.74, 6) is 0.0232. The molecule has 1 aromatic rings. The normalized spacial score (nSPS) is 13.7. The average molecular weight is 337 g/mol. The molecule has 0 aromatic heterocycles. The summed E-state index contributed by atoms with van der Waals surface area (Å²) in [7, 11) is 0. The molecule has 0 aliphatic carbocycles. The first-order chi connectivity index (χ1) is 9.24. The highest BCUT2D eigenvalue weighted by molar-refractivity contribution is 9.10. The van der Waals surface area contributed by atoms with Gasteiger partial charge in [-0.2, -0.15) is 5.26 Å². The fraction of sp³-hybridized carbons (Fsp3) is 0.286. The predicted octanol–water partition coefficient (Wildman–Crippen LogP) is 1.77. The van der Waals surface area contributed by atoms with Gasteiger partial charge in [-0.3, -0.25) is 4.99 Å². The molecule has 106 valence electrons. The quantitative estimate of drug-likeness (QED) is 0.442. The predicted molar refractivity (Wildman–Crippen MR) is 83.6 cm³/mol. The Morgan fingerprint density at radius 3 is 2.35 bits per heavy atom. The molecule has 0 saturated carbocycles. The van der Waals surface area contributed by atoms with Gasteiger partial charge in [-0.15, -0.1) is 0 Å². The maximum atomic E-state index is 9.61. The van der Waals surface area contributed by atoms with Crippen molar-refractivity contribution in [2.45, 2.75) is 19.4 Å². The van der Waals surface area contributed by atoms with Crippen LogP contribution in [0.15, 0.2) is 39.3 Å². The molecule has 0 heterocycles. The van der Waals surface area contributed by atoms with Gasteiger partial charge in [0.15, 0.2) is 0 Å². The van der Waals surface area contributed by atoms with Crippen LogP contribution in [0, 0.1) is 11.3 Å². The molecule has 1 rings (SSSR count). The van der Waals surface area contributed by atoms with E-state index in [0.717, 1.165) is 4.47 Å². The van der Waals surface area contributed by atoms with Crippen LogP contribution < -0.4 is 11.5 Å². The first kappa shape index (κ1) is 16.2. The zero-order valence-corrected chi connectivity index (χ0v) is 13.0. The highest BCUT2D eigenvalue weighted by Crippen LogP contribution is 2.17. The largest absolute Gasteiger partial charge is 0.397 e. The summed E-state index contributed by atoms with van der Waals surface area (Å²) in [6.45, 7) is 3.31. The Hall–Kier alpha value is -1.84. The average Bonchev–Trinajstić information content (AvgIpc) is 2.37. The third-order valence-electron chi connectivity index (χ3n) is 2.43. The van der Waals surface area contributed by atoms with E-state index in [-0.39, 0.29) is 23.7 Å².